The normalized spacial score (nSPS) is 49.7. The molecular formula is C59H90N2O41. The van der Waals surface area contributed by atoms with Gasteiger partial charge >= 0.3 is 5.97 Å². The van der Waals surface area contributed by atoms with Crippen LogP contribution in [0.5, 0.6) is 0 Å². The van der Waals surface area contributed by atoms with E-state index in [0.29, 0.717) is 16.5 Å². The lowest BCUT2D eigenvalue weighted by molar-refractivity contribution is -0.403. The van der Waals surface area contributed by atoms with E-state index in [1.807, 2.05) is 0 Å². The molecule has 0 unspecified atom stereocenters. The van der Waals surface area contributed by atoms with Crippen LogP contribution in [0.3, 0.4) is 0 Å². The number of aliphatic carboxylic acids is 1. The number of H-pyrrole nitrogens is 1. The van der Waals surface area contributed by atoms with Gasteiger partial charge in [0.2, 0.25) is 0 Å². The molecule has 0 saturated carbocycles. The van der Waals surface area contributed by atoms with Crippen LogP contribution >= 0.6 is 0 Å². The minimum atomic E-state index is -2.33. The Morgan fingerprint density at radius 1 is 0.324 bits per heavy atom. The highest BCUT2D eigenvalue weighted by atomic mass is 16.8. The Morgan fingerprint density at radius 3 is 0.765 bits per heavy atom. The summed E-state index contributed by atoms with van der Waals surface area (Å²) in [4.78, 5) is 16.0. The number of carboxylic acids is 1. The Kier molecular flexibility index (Phi) is 26.6. The Bertz CT molecular complexity index is 2950. The molecule has 43 nitrogen and oxygen atoms in total. The number of rotatable bonds is 13. The highest BCUT2D eigenvalue weighted by Gasteiger charge is 2.60. The number of nitrogens with one attached hydrogen (secondary N) is 2. The maximum absolute atomic E-state index is 12.9. The van der Waals surface area contributed by atoms with Crippen LogP contribution < -0.4 is 5.32 Å². The number of hydrogen-bond acceptors (Lipinski definition) is 41. The summed E-state index contributed by atoms with van der Waals surface area (Å²) in [5.41, 5.74) is 1.18. The number of carbonyl (C=O) groups is 1. The van der Waals surface area contributed by atoms with E-state index in [1.165, 1.54) is 0 Å². The standard InChI is InChI=1S/C59H90N2O41/c62-8-20-44-29(71)37(79)54(89-20)98-46-22(10-64)91-56(39(81)31(46)73)100-48-24(12-66)93-58(41(83)33(48)75)102-50-26(14-68)94-59(42(84)34(50)76)101-49-25(13-67)92-57(40(82)32(49)74)99-47-23(11-65)90-55(38(80)30(47)72)97-45-21(9-63)88-53(36(78)28(45)70)95-43-19(87-52(96-44)35(77)27(43)69)7-61-18(51(85)86)5-15-6-60-17-4-2-1-3-16(15)17/h1-4,6,18-50,52-84H,5,7-14H2,(H,85,86)/t18-,19+,20+,21+,22+,23-,24+,25-,26+,27+,28+,29+,30+,31+,32+,33+,34+,35+,36+,37-,38+,39+,40+,41+,42+,43+,44+,45+,46+,47+,48+,49+,50+,52+,53+,54+,55+,56+,57+,58+,59+/m0/s1. The van der Waals surface area contributed by atoms with Crippen LogP contribution in [0.25, 0.3) is 10.9 Å². The van der Waals surface area contributed by atoms with Gasteiger partial charge in [0.25, 0.3) is 0 Å². The van der Waals surface area contributed by atoms with Crippen LogP contribution in [0.1, 0.15) is 5.56 Å². The number of aromatic amines is 1. The first-order chi connectivity index (χ1) is 48.7. The third-order valence-corrected chi connectivity index (χ3v) is 19.7. The van der Waals surface area contributed by atoms with Crippen molar-refractivity contribution in [1.82, 2.24) is 10.3 Å². The molecule has 30 aliphatic rings. The summed E-state index contributed by atoms with van der Waals surface area (Å²) in [6, 6.07) is 5.45. The van der Waals surface area contributed by atoms with Gasteiger partial charge in [0.05, 0.1) is 46.2 Å². The summed E-state index contributed by atoms with van der Waals surface area (Å²) >= 11 is 0. The van der Waals surface area contributed by atoms with E-state index >= 15 is 0 Å². The summed E-state index contributed by atoms with van der Waals surface area (Å²) in [5, 5.41) is 273. The van der Waals surface area contributed by atoms with Crippen molar-refractivity contribution in [3.05, 3.63) is 36.0 Å². The van der Waals surface area contributed by atoms with Crippen LogP contribution in [0.2, 0.25) is 0 Å². The third-order valence-electron chi connectivity index (χ3n) is 19.7. The van der Waals surface area contributed by atoms with Crippen molar-refractivity contribution in [3.63, 3.8) is 0 Å². The molecule has 32 rings (SSSR count). The minimum Gasteiger partial charge on any atom is -0.480 e. The van der Waals surface area contributed by atoms with Crippen LogP contribution in [0, 0.1) is 0 Å². The number of ether oxygens (including phenoxy) is 16. The molecule has 1 aromatic heterocycles. The van der Waals surface area contributed by atoms with E-state index in [2.05, 4.69) is 10.3 Å². The van der Waals surface area contributed by atoms with Crippen LogP contribution in [0.4, 0.5) is 0 Å². The fourth-order valence-corrected chi connectivity index (χ4v) is 13.9. The number of carboxylic acid groups (broad SMARTS) is 1. The van der Waals surface area contributed by atoms with Gasteiger partial charge in [0.15, 0.2) is 50.3 Å². The van der Waals surface area contributed by atoms with Crippen molar-refractivity contribution in [2.45, 2.75) is 258 Å². The van der Waals surface area contributed by atoms with Gasteiger partial charge in [-0.25, -0.2) is 0 Å². The molecule has 41 atom stereocenters. The first kappa shape index (κ1) is 79.7. The first-order valence-corrected chi connectivity index (χ1v) is 32.8. The van der Waals surface area contributed by atoms with Gasteiger partial charge in [0.1, 0.15) is 201 Å². The van der Waals surface area contributed by atoms with Gasteiger partial charge < -0.3 is 209 Å². The fraction of sp³-hybridized carbons (Fsp3) is 0.847. The highest BCUT2D eigenvalue weighted by Crippen LogP contribution is 2.40. The first-order valence-electron chi connectivity index (χ1n) is 32.8. The Morgan fingerprint density at radius 2 is 0.539 bits per heavy atom. The van der Waals surface area contributed by atoms with E-state index in [0.717, 1.165) is 0 Å². The summed E-state index contributed by atoms with van der Waals surface area (Å²) in [6.07, 6.45) is -82.3. The molecule has 43 heteroatoms. The Labute approximate surface area is 575 Å². The average Bonchev–Trinajstić information content (AvgIpc) is 1.11. The summed E-state index contributed by atoms with van der Waals surface area (Å²) in [6.45, 7) is -8.43. The van der Waals surface area contributed by atoms with E-state index in [9.17, 15) is 127 Å². The van der Waals surface area contributed by atoms with Crippen molar-refractivity contribution in [3.8, 4) is 0 Å². The van der Waals surface area contributed by atoms with Gasteiger partial charge in [-0.15, -0.1) is 0 Å². The lowest BCUT2D eigenvalue weighted by Gasteiger charge is -2.50. The predicted molar refractivity (Wildman–Crippen MR) is 315 cm³/mol. The number of para-hydroxylation sites is 1. The number of aliphatic hydroxyl groups is 23. The number of aromatic nitrogens is 1. The molecule has 26 N–H and O–H groups in total. The Hall–Kier alpha value is -3.37. The summed E-state index contributed by atoms with van der Waals surface area (Å²) in [7, 11) is 0. The molecule has 30 aliphatic heterocycles. The second-order valence-electron chi connectivity index (χ2n) is 26.1. The van der Waals surface area contributed by atoms with Crippen LogP contribution in [0.15, 0.2) is 30.5 Å². The number of hydrogen-bond donors (Lipinski definition) is 26. The molecule has 0 radical (unpaired) electrons. The topological polar surface area (TPSA) is 678 Å². The molecule has 30 fully saturated rings. The van der Waals surface area contributed by atoms with E-state index in [1.54, 1.807) is 30.5 Å². The van der Waals surface area contributed by atoms with Gasteiger partial charge in [-0.05, 0) is 11.6 Å². The van der Waals surface area contributed by atoms with E-state index in [4.69, 9.17) is 75.8 Å². The lowest BCUT2D eigenvalue weighted by atomic mass is 9.94. The summed E-state index contributed by atoms with van der Waals surface area (Å²) in [5.74, 6) is -1.42. The van der Waals surface area contributed by atoms with Gasteiger partial charge in [-0.2, -0.15) is 0 Å². The molecule has 0 aliphatic carbocycles. The predicted octanol–water partition coefficient (Wildman–Crippen LogP) is -15.6. The molecule has 2 aromatic rings. The van der Waals surface area contributed by atoms with E-state index < -0.39 is 310 Å². The molecule has 16 bridgehead atoms. The number of fused-ring (bicyclic) bond motifs is 1. The molecule has 31 heterocycles. The van der Waals surface area contributed by atoms with Gasteiger partial charge in [-0.3, -0.25) is 4.79 Å². The SMILES string of the molecule is O=C(O)[C@H](Cc1c[nH]c2ccccc12)NC[C@H]1O[C@@H]2O[C@H]3[C@H](O)[C@H](O)[C@@H](O[C@H]4[C@H](O)[C@@H](O)[C@@H](O[C@H]5[C@H](O)[C@@H](O)[C@@H](O[C@H]6[C@H](O)[C@@H](O)[C@@H](O[C@H]7[C@H](O)[C@@H](O)[C@@H](O[C@H]8[C@H](O)[C@@H](O)[C@@H](O[C@H]9[C@H](O)[C@@H](O)[C@@H](O[C@H]1[C@H](O)[C@H]2O)O[C@@H]9CO)O[C@H]8CO)O[C@H]7CO)O[C@@H]6CO)O[C@@H]5CO)O[C@@H]4CO)O[C@@H]3CO. The monoisotopic (exact) mass is 1480 g/mol. The molecule has 102 heavy (non-hydrogen) atoms. The molecular weight excluding hydrogens is 1390 g/mol. The highest BCUT2D eigenvalue weighted by molar-refractivity contribution is 5.84. The van der Waals surface area contributed by atoms with E-state index in [-0.39, 0.29) is 6.42 Å². The number of benzene rings is 1. The average molecular weight is 1480 g/mol. The van der Waals surface area contributed by atoms with Crippen molar-refractivity contribution < 1.29 is 203 Å². The summed E-state index contributed by atoms with van der Waals surface area (Å²) < 4.78 is 93.1. The van der Waals surface area contributed by atoms with Crippen LogP contribution in [-0.4, -0.2) is 438 Å². The second kappa shape index (κ2) is 34.0. The molecule has 582 valence electrons. The second-order valence-corrected chi connectivity index (χ2v) is 26.1. The van der Waals surface area contributed by atoms with Crippen molar-refractivity contribution in [2.75, 3.05) is 52.8 Å². The molecule has 0 amide bonds. The number of aliphatic hydroxyl groups excluding tert-OH is 23. The molecule has 0 spiro atoms. The smallest absolute Gasteiger partial charge is 0.321 e. The van der Waals surface area contributed by atoms with Gasteiger partial charge in [-0.1, -0.05) is 18.2 Å². The minimum absolute atomic E-state index is 0.203. The molecule has 1 aromatic carbocycles. The zero-order chi connectivity index (χ0) is 73.6. The van der Waals surface area contributed by atoms with Gasteiger partial charge in [0, 0.05) is 30.1 Å². The quantitative estimate of drug-likeness (QED) is 0.0885. The Balaban J connectivity index is 0.877. The third kappa shape index (κ3) is 15.9. The zero-order valence-corrected chi connectivity index (χ0v) is 53.6. The van der Waals surface area contributed by atoms with Crippen LogP contribution in [-0.2, 0) is 87.0 Å². The van der Waals surface area contributed by atoms with Crippen molar-refractivity contribution in [2.24, 2.45) is 0 Å². The lowest BCUT2D eigenvalue weighted by Crippen LogP contribution is -2.69. The zero-order valence-electron chi connectivity index (χ0n) is 53.6. The maximum Gasteiger partial charge on any atom is 0.321 e. The van der Waals surface area contributed by atoms with Crippen molar-refractivity contribution >= 4 is 16.9 Å². The van der Waals surface area contributed by atoms with Crippen molar-refractivity contribution in [1.29, 1.82) is 0 Å². The molecule has 30 saturated heterocycles. The fourth-order valence-electron chi connectivity index (χ4n) is 13.9. The maximum atomic E-state index is 12.9. The largest absolute Gasteiger partial charge is 0.480 e.